The molecule has 0 atom stereocenters. The van der Waals surface area contributed by atoms with Crippen LogP contribution in [0.3, 0.4) is 0 Å². The first-order valence-corrected chi connectivity index (χ1v) is 8.24. The van der Waals surface area contributed by atoms with Gasteiger partial charge in [-0.05, 0) is 30.2 Å². The molecule has 0 unspecified atom stereocenters. The van der Waals surface area contributed by atoms with Crippen LogP contribution in [0.2, 0.25) is 0 Å². The molecule has 100 valence electrons. The maximum absolute atomic E-state index is 11.2. The minimum atomic E-state index is -2.91. The van der Waals surface area contributed by atoms with E-state index >= 15 is 0 Å². The van der Waals surface area contributed by atoms with E-state index in [1.807, 2.05) is 11.9 Å². The molecule has 0 bridgehead atoms. The molecule has 0 saturated heterocycles. The van der Waals surface area contributed by atoms with E-state index in [0.29, 0.717) is 6.54 Å². The van der Waals surface area contributed by atoms with Gasteiger partial charge in [0.05, 0.1) is 5.75 Å². The summed E-state index contributed by atoms with van der Waals surface area (Å²) in [5, 5.41) is 3.36. The van der Waals surface area contributed by atoms with Crippen LogP contribution in [0.1, 0.15) is 11.1 Å². The van der Waals surface area contributed by atoms with Crippen molar-refractivity contribution in [3.63, 3.8) is 0 Å². The third kappa shape index (κ3) is 3.23. The average molecular weight is 268 g/mol. The topological polar surface area (TPSA) is 49.4 Å². The highest BCUT2D eigenvalue weighted by Crippen LogP contribution is 2.25. The van der Waals surface area contributed by atoms with E-state index in [0.717, 1.165) is 25.2 Å². The van der Waals surface area contributed by atoms with E-state index in [1.54, 1.807) is 0 Å². The van der Waals surface area contributed by atoms with Crippen molar-refractivity contribution in [2.24, 2.45) is 0 Å². The van der Waals surface area contributed by atoms with Crippen LogP contribution >= 0.6 is 0 Å². The van der Waals surface area contributed by atoms with E-state index in [2.05, 4.69) is 23.5 Å². The standard InChI is InChI=1S/C13H20N2O2S/c1-15(8-9-18(2,16)17)13-5-3-4-11-6-7-14-10-12(11)13/h3-5,14H,6-10H2,1-2H3. The lowest BCUT2D eigenvalue weighted by Crippen LogP contribution is -2.29. The fourth-order valence-electron chi connectivity index (χ4n) is 2.28. The fraction of sp³-hybridized carbons (Fsp3) is 0.538. The molecule has 1 heterocycles. The van der Waals surface area contributed by atoms with Gasteiger partial charge in [0, 0.05) is 32.1 Å². The van der Waals surface area contributed by atoms with Crippen LogP contribution in [0.4, 0.5) is 5.69 Å². The minimum Gasteiger partial charge on any atom is -0.373 e. The van der Waals surface area contributed by atoms with Gasteiger partial charge in [-0.25, -0.2) is 8.42 Å². The molecule has 0 amide bonds. The molecule has 0 saturated carbocycles. The van der Waals surface area contributed by atoms with Gasteiger partial charge in [-0.15, -0.1) is 0 Å². The van der Waals surface area contributed by atoms with Gasteiger partial charge in [0.25, 0.3) is 0 Å². The lowest BCUT2D eigenvalue weighted by molar-refractivity contribution is 0.600. The molecule has 4 nitrogen and oxygen atoms in total. The summed E-state index contributed by atoms with van der Waals surface area (Å²) < 4.78 is 22.4. The zero-order chi connectivity index (χ0) is 13.2. The number of rotatable bonds is 4. The van der Waals surface area contributed by atoms with Gasteiger partial charge in [-0.3, -0.25) is 0 Å². The highest BCUT2D eigenvalue weighted by Gasteiger charge is 2.15. The first-order chi connectivity index (χ1) is 8.47. The summed E-state index contributed by atoms with van der Waals surface area (Å²) in [7, 11) is -0.952. The molecular formula is C13H20N2O2S. The maximum atomic E-state index is 11.2. The predicted octanol–water partition coefficient (Wildman–Crippen LogP) is 0.813. The Morgan fingerprint density at radius 2 is 2.17 bits per heavy atom. The number of sulfone groups is 1. The van der Waals surface area contributed by atoms with Crippen molar-refractivity contribution in [1.29, 1.82) is 0 Å². The zero-order valence-electron chi connectivity index (χ0n) is 10.9. The lowest BCUT2D eigenvalue weighted by atomic mass is 9.99. The largest absolute Gasteiger partial charge is 0.373 e. The Balaban J connectivity index is 2.17. The summed E-state index contributed by atoms with van der Waals surface area (Å²) in [6.45, 7) is 2.42. The van der Waals surface area contributed by atoms with Crippen molar-refractivity contribution in [1.82, 2.24) is 5.32 Å². The van der Waals surface area contributed by atoms with Crippen molar-refractivity contribution in [2.45, 2.75) is 13.0 Å². The second-order valence-electron chi connectivity index (χ2n) is 4.89. The second-order valence-corrected chi connectivity index (χ2v) is 7.15. The molecule has 0 aromatic heterocycles. The normalized spacial score (nSPS) is 15.2. The number of nitrogens with one attached hydrogen (secondary N) is 1. The Bertz CT molecular complexity index is 526. The molecule has 2 rings (SSSR count). The van der Waals surface area contributed by atoms with E-state index < -0.39 is 9.84 Å². The molecule has 1 aromatic rings. The first kappa shape index (κ1) is 13.4. The molecular weight excluding hydrogens is 248 g/mol. The monoisotopic (exact) mass is 268 g/mol. The van der Waals surface area contributed by atoms with Crippen molar-refractivity contribution >= 4 is 15.5 Å². The van der Waals surface area contributed by atoms with Crippen molar-refractivity contribution < 1.29 is 8.42 Å². The third-order valence-electron chi connectivity index (χ3n) is 3.33. The highest BCUT2D eigenvalue weighted by molar-refractivity contribution is 7.90. The van der Waals surface area contributed by atoms with E-state index in [1.165, 1.54) is 17.4 Å². The molecule has 1 N–H and O–H groups in total. The molecule has 0 fully saturated rings. The predicted molar refractivity (Wildman–Crippen MR) is 74.8 cm³/mol. The van der Waals surface area contributed by atoms with E-state index in [-0.39, 0.29) is 5.75 Å². The van der Waals surface area contributed by atoms with Crippen LogP contribution in [-0.4, -0.2) is 40.6 Å². The van der Waals surface area contributed by atoms with Gasteiger partial charge >= 0.3 is 0 Å². The van der Waals surface area contributed by atoms with E-state index in [9.17, 15) is 8.42 Å². The molecule has 5 heteroatoms. The Labute approximate surface area is 109 Å². The number of benzene rings is 1. The first-order valence-electron chi connectivity index (χ1n) is 6.18. The maximum Gasteiger partial charge on any atom is 0.149 e. The molecule has 0 aliphatic carbocycles. The highest BCUT2D eigenvalue weighted by atomic mass is 32.2. The van der Waals surface area contributed by atoms with Gasteiger partial charge in [0.1, 0.15) is 9.84 Å². The summed E-state index contributed by atoms with van der Waals surface area (Å²) in [5.74, 6) is 0.195. The summed E-state index contributed by atoms with van der Waals surface area (Å²) in [5.41, 5.74) is 3.82. The molecule has 0 spiro atoms. The Hall–Kier alpha value is -1.07. The number of hydrogen-bond acceptors (Lipinski definition) is 4. The Morgan fingerprint density at radius 3 is 2.89 bits per heavy atom. The lowest BCUT2D eigenvalue weighted by Gasteiger charge is -2.26. The van der Waals surface area contributed by atoms with E-state index in [4.69, 9.17) is 0 Å². The van der Waals surface area contributed by atoms with Crippen LogP contribution in [0.5, 0.6) is 0 Å². The van der Waals surface area contributed by atoms with Crippen LogP contribution in [0.25, 0.3) is 0 Å². The Kier molecular flexibility index (Phi) is 3.92. The quantitative estimate of drug-likeness (QED) is 0.878. The summed E-state index contributed by atoms with van der Waals surface area (Å²) in [4.78, 5) is 2.03. The van der Waals surface area contributed by atoms with Crippen molar-refractivity contribution in [3.8, 4) is 0 Å². The molecule has 1 aliphatic heterocycles. The molecule has 1 aliphatic rings. The van der Waals surface area contributed by atoms with Crippen LogP contribution in [0, 0.1) is 0 Å². The SMILES string of the molecule is CN(CCS(C)(=O)=O)c1cccc2c1CNCC2. The smallest absolute Gasteiger partial charge is 0.149 e. The van der Waals surface area contributed by atoms with Gasteiger partial charge in [0.2, 0.25) is 0 Å². The summed E-state index contributed by atoms with van der Waals surface area (Å²) >= 11 is 0. The van der Waals surface area contributed by atoms with Crippen LogP contribution < -0.4 is 10.2 Å². The summed E-state index contributed by atoms with van der Waals surface area (Å²) in [6, 6.07) is 6.27. The number of fused-ring (bicyclic) bond motifs is 1. The number of nitrogens with zero attached hydrogens (tertiary/aromatic N) is 1. The molecule has 1 aromatic carbocycles. The molecule has 18 heavy (non-hydrogen) atoms. The summed E-state index contributed by atoms with van der Waals surface area (Å²) in [6.07, 6.45) is 2.33. The van der Waals surface area contributed by atoms with Crippen LogP contribution in [0.15, 0.2) is 18.2 Å². The average Bonchev–Trinajstić information content (AvgIpc) is 2.34. The fourth-order valence-corrected chi connectivity index (χ4v) is 2.88. The van der Waals surface area contributed by atoms with Gasteiger partial charge in [0.15, 0.2) is 0 Å². The Morgan fingerprint density at radius 1 is 1.39 bits per heavy atom. The van der Waals surface area contributed by atoms with Gasteiger partial charge in [-0.1, -0.05) is 12.1 Å². The van der Waals surface area contributed by atoms with Crippen molar-refractivity contribution in [2.75, 3.05) is 37.0 Å². The second kappa shape index (κ2) is 5.28. The molecule has 0 radical (unpaired) electrons. The third-order valence-corrected chi connectivity index (χ3v) is 4.25. The minimum absolute atomic E-state index is 0.195. The number of hydrogen-bond donors (Lipinski definition) is 1. The zero-order valence-corrected chi connectivity index (χ0v) is 11.8. The van der Waals surface area contributed by atoms with Gasteiger partial charge < -0.3 is 10.2 Å². The number of anilines is 1. The van der Waals surface area contributed by atoms with Crippen molar-refractivity contribution in [3.05, 3.63) is 29.3 Å². The van der Waals surface area contributed by atoms with Crippen LogP contribution in [-0.2, 0) is 22.8 Å². The van der Waals surface area contributed by atoms with Gasteiger partial charge in [-0.2, -0.15) is 0 Å².